The van der Waals surface area contributed by atoms with Crippen molar-refractivity contribution in [3.63, 3.8) is 0 Å². The number of rotatable bonds is 8. The lowest BCUT2D eigenvalue weighted by molar-refractivity contribution is 0.0972. The minimum absolute atomic E-state index is 0.297. The quantitative estimate of drug-likeness (QED) is 0.447. The van der Waals surface area contributed by atoms with Crippen LogP contribution in [0.15, 0.2) is 83.3 Å². The van der Waals surface area contributed by atoms with Gasteiger partial charge in [-0.3, -0.25) is 10.1 Å². The molecule has 4 nitrogen and oxygen atoms in total. The molecule has 154 valence electrons. The first-order chi connectivity index (χ1) is 14.6. The summed E-state index contributed by atoms with van der Waals surface area (Å²) in [5, 5.41) is 6.11. The summed E-state index contributed by atoms with van der Waals surface area (Å²) in [6, 6.07) is 25.6. The highest BCUT2D eigenvalue weighted by atomic mass is 79.9. The molecule has 3 aromatic carbocycles. The zero-order chi connectivity index (χ0) is 21.2. The van der Waals surface area contributed by atoms with E-state index >= 15 is 0 Å². The molecule has 0 aliphatic carbocycles. The summed E-state index contributed by atoms with van der Waals surface area (Å²) in [6.45, 7) is 1.12. The Bertz CT molecular complexity index is 981. The average Bonchev–Trinajstić information content (AvgIpc) is 2.76. The first kappa shape index (κ1) is 22.0. The van der Waals surface area contributed by atoms with E-state index in [1.54, 1.807) is 12.1 Å². The zero-order valence-corrected chi connectivity index (χ0v) is 18.8. The van der Waals surface area contributed by atoms with Crippen LogP contribution in [-0.2, 0) is 12.8 Å². The average molecular weight is 483 g/mol. The van der Waals surface area contributed by atoms with Gasteiger partial charge in [0.1, 0.15) is 5.75 Å². The SMILES string of the molecule is O=C(NC(=S)NCCc1ccccc1)c1cc(Br)ccc1OCCc1ccccc1. The van der Waals surface area contributed by atoms with Crippen LogP contribution >= 0.6 is 28.1 Å². The fourth-order valence-corrected chi connectivity index (χ4v) is 3.46. The van der Waals surface area contributed by atoms with E-state index in [0.29, 0.717) is 29.6 Å². The second kappa shape index (κ2) is 11.5. The molecule has 30 heavy (non-hydrogen) atoms. The second-order valence-corrected chi connectivity index (χ2v) is 7.99. The van der Waals surface area contributed by atoms with Crippen molar-refractivity contribution in [2.24, 2.45) is 0 Å². The van der Waals surface area contributed by atoms with Gasteiger partial charge in [-0.2, -0.15) is 0 Å². The maximum atomic E-state index is 12.8. The van der Waals surface area contributed by atoms with E-state index < -0.39 is 0 Å². The number of halogens is 1. The third-order valence-electron chi connectivity index (χ3n) is 4.45. The van der Waals surface area contributed by atoms with E-state index in [2.05, 4.69) is 50.8 Å². The van der Waals surface area contributed by atoms with Crippen molar-refractivity contribution in [1.82, 2.24) is 10.6 Å². The van der Waals surface area contributed by atoms with Gasteiger partial charge < -0.3 is 10.1 Å². The molecule has 0 saturated heterocycles. The number of hydrogen-bond acceptors (Lipinski definition) is 3. The van der Waals surface area contributed by atoms with Crippen molar-refractivity contribution in [2.75, 3.05) is 13.2 Å². The Hall–Kier alpha value is -2.70. The molecule has 0 aromatic heterocycles. The van der Waals surface area contributed by atoms with E-state index in [4.69, 9.17) is 17.0 Å². The minimum atomic E-state index is -0.303. The first-order valence-corrected chi connectivity index (χ1v) is 10.9. The van der Waals surface area contributed by atoms with Crippen LogP contribution < -0.4 is 15.4 Å². The number of hydrogen-bond donors (Lipinski definition) is 2. The standard InChI is InChI=1S/C24H23BrN2O2S/c25-20-11-12-22(29-16-14-19-9-5-2-6-10-19)21(17-20)23(28)27-24(30)26-15-13-18-7-3-1-4-8-18/h1-12,17H,13-16H2,(H2,26,27,28,30). The van der Waals surface area contributed by atoms with Crippen molar-refractivity contribution >= 4 is 39.2 Å². The van der Waals surface area contributed by atoms with Gasteiger partial charge in [-0.1, -0.05) is 76.6 Å². The van der Waals surface area contributed by atoms with Gasteiger partial charge in [0.25, 0.3) is 5.91 Å². The molecule has 0 unspecified atom stereocenters. The van der Waals surface area contributed by atoms with Gasteiger partial charge in [-0.25, -0.2) is 0 Å². The molecule has 0 aliphatic heterocycles. The predicted octanol–water partition coefficient (Wildman–Crippen LogP) is 4.92. The molecule has 0 fully saturated rings. The summed E-state index contributed by atoms with van der Waals surface area (Å²) in [7, 11) is 0. The predicted molar refractivity (Wildman–Crippen MR) is 128 cm³/mol. The van der Waals surface area contributed by atoms with Crippen LogP contribution in [0.3, 0.4) is 0 Å². The highest BCUT2D eigenvalue weighted by Gasteiger charge is 2.15. The normalized spacial score (nSPS) is 10.3. The van der Waals surface area contributed by atoms with Gasteiger partial charge in [0.2, 0.25) is 0 Å². The monoisotopic (exact) mass is 482 g/mol. The molecular formula is C24H23BrN2O2S. The fourth-order valence-electron chi connectivity index (χ4n) is 2.91. The van der Waals surface area contributed by atoms with Gasteiger partial charge >= 0.3 is 0 Å². The zero-order valence-electron chi connectivity index (χ0n) is 16.4. The van der Waals surface area contributed by atoms with Crippen molar-refractivity contribution in [2.45, 2.75) is 12.8 Å². The number of carbonyl (C=O) groups excluding carboxylic acids is 1. The molecule has 3 rings (SSSR count). The topological polar surface area (TPSA) is 50.4 Å². The number of thiocarbonyl (C=S) groups is 1. The number of amides is 1. The van der Waals surface area contributed by atoms with E-state index in [1.807, 2.05) is 42.5 Å². The van der Waals surface area contributed by atoms with E-state index in [1.165, 1.54) is 11.1 Å². The molecule has 0 radical (unpaired) electrons. The summed E-state index contributed by atoms with van der Waals surface area (Å²) >= 11 is 8.70. The Morgan fingerprint density at radius 3 is 2.20 bits per heavy atom. The number of benzene rings is 3. The lowest BCUT2D eigenvalue weighted by atomic mass is 10.1. The smallest absolute Gasteiger partial charge is 0.261 e. The number of carbonyl (C=O) groups is 1. The third kappa shape index (κ3) is 6.97. The largest absolute Gasteiger partial charge is 0.492 e. The van der Waals surface area contributed by atoms with Gasteiger partial charge in [-0.05, 0) is 48.0 Å². The second-order valence-electron chi connectivity index (χ2n) is 6.67. The van der Waals surface area contributed by atoms with Crippen LogP contribution in [0.4, 0.5) is 0 Å². The summed E-state index contributed by atoms with van der Waals surface area (Å²) in [5.41, 5.74) is 2.83. The first-order valence-electron chi connectivity index (χ1n) is 9.71. The Balaban J connectivity index is 1.53. The molecule has 3 aromatic rings. The summed E-state index contributed by atoms with van der Waals surface area (Å²) in [5.74, 6) is 0.224. The van der Waals surface area contributed by atoms with E-state index in [0.717, 1.165) is 17.3 Å². The van der Waals surface area contributed by atoms with Crippen molar-refractivity contribution in [3.05, 3.63) is 100 Å². The Morgan fingerprint density at radius 2 is 1.53 bits per heavy atom. The van der Waals surface area contributed by atoms with Crippen LogP contribution in [0.25, 0.3) is 0 Å². The number of ether oxygens (including phenoxy) is 1. The minimum Gasteiger partial charge on any atom is -0.492 e. The van der Waals surface area contributed by atoms with E-state index in [9.17, 15) is 4.79 Å². The van der Waals surface area contributed by atoms with Crippen LogP contribution in [0.2, 0.25) is 0 Å². The summed E-state index contributed by atoms with van der Waals surface area (Å²) in [4.78, 5) is 12.8. The molecule has 0 spiro atoms. The van der Waals surface area contributed by atoms with Crippen LogP contribution in [0, 0.1) is 0 Å². The van der Waals surface area contributed by atoms with Crippen molar-refractivity contribution in [1.29, 1.82) is 0 Å². The maximum Gasteiger partial charge on any atom is 0.261 e. The molecule has 2 N–H and O–H groups in total. The molecule has 1 amide bonds. The number of nitrogens with one attached hydrogen (secondary N) is 2. The Kier molecular flexibility index (Phi) is 8.41. The Labute approximate surface area is 190 Å². The van der Waals surface area contributed by atoms with Crippen LogP contribution in [0.5, 0.6) is 5.75 Å². The van der Waals surface area contributed by atoms with Crippen LogP contribution in [0.1, 0.15) is 21.5 Å². The van der Waals surface area contributed by atoms with Crippen LogP contribution in [-0.4, -0.2) is 24.2 Å². The van der Waals surface area contributed by atoms with Crippen molar-refractivity contribution in [3.8, 4) is 5.75 Å². The molecule has 0 aliphatic rings. The van der Waals surface area contributed by atoms with Gasteiger partial charge in [0.15, 0.2) is 5.11 Å². The third-order valence-corrected chi connectivity index (χ3v) is 5.19. The molecule has 6 heteroatoms. The molecule has 0 bridgehead atoms. The summed E-state index contributed by atoms with van der Waals surface area (Å²) < 4.78 is 6.69. The molecule has 0 saturated carbocycles. The van der Waals surface area contributed by atoms with Crippen molar-refractivity contribution < 1.29 is 9.53 Å². The highest BCUT2D eigenvalue weighted by molar-refractivity contribution is 9.10. The fraction of sp³-hybridized carbons (Fsp3) is 0.167. The van der Waals surface area contributed by atoms with E-state index in [-0.39, 0.29) is 5.91 Å². The van der Waals surface area contributed by atoms with Gasteiger partial charge in [-0.15, -0.1) is 0 Å². The van der Waals surface area contributed by atoms with Gasteiger partial charge in [0, 0.05) is 17.4 Å². The lowest BCUT2D eigenvalue weighted by Gasteiger charge is -2.14. The molecule has 0 atom stereocenters. The lowest BCUT2D eigenvalue weighted by Crippen LogP contribution is -2.40. The highest BCUT2D eigenvalue weighted by Crippen LogP contribution is 2.23. The Morgan fingerprint density at radius 1 is 0.900 bits per heavy atom. The molecular weight excluding hydrogens is 460 g/mol. The summed E-state index contributed by atoms with van der Waals surface area (Å²) in [6.07, 6.45) is 1.58. The maximum absolute atomic E-state index is 12.8. The van der Waals surface area contributed by atoms with Gasteiger partial charge in [0.05, 0.1) is 12.2 Å². The molecule has 0 heterocycles.